The van der Waals surface area contributed by atoms with Gasteiger partial charge in [-0.3, -0.25) is 9.48 Å². The second kappa shape index (κ2) is 8.17. The zero-order valence-corrected chi connectivity index (χ0v) is 16.4. The molecule has 0 aliphatic heterocycles. The molecule has 0 aliphatic carbocycles. The molecule has 4 rings (SSSR count). The maximum atomic E-state index is 12.9. The Bertz CT molecular complexity index is 1200. The van der Waals surface area contributed by atoms with Crippen LogP contribution in [0.25, 0.3) is 22.5 Å². The summed E-state index contributed by atoms with van der Waals surface area (Å²) in [4.78, 5) is 25.9. The van der Waals surface area contributed by atoms with Crippen LogP contribution in [0.3, 0.4) is 0 Å². The Labute approximate surface area is 171 Å². The van der Waals surface area contributed by atoms with Crippen molar-refractivity contribution in [2.24, 2.45) is 7.05 Å². The minimum Gasteiger partial charge on any atom is -0.422 e. The summed E-state index contributed by atoms with van der Waals surface area (Å²) in [5.74, 6) is 0.350. The number of anilines is 3. The molecule has 30 heavy (non-hydrogen) atoms. The van der Waals surface area contributed by atoms with Crippen molar-refractivity contribution in [1.82, 2.24) is 24.7 Å². The van der Waals surface area contributed by atoms with Crippen molar-refractivity contribution >= 4 is 34.8 Å². The van der Waals surface area contributed by atoms with Gasteiger partial charge in [0.25, 0.3) is 11.9 Å². The molecule has 11 nitrogen and oxygen atoms in total. The third-order valence-electron chi connectivity index (χ3n) is 4.24. The molecule has 1 amide bonds. The third kappa shape index (κ3) is 3.91. The fourth-order valence-corrected chi connectivity index (χ4v) is 2.87. The van der Waals surface area contributed by atoms with Crippen molar-refractivity contribution in [2.45, 2.75) is 0 Å². The monoisotopic (exact) mass is 408 g/mol. The quantitative estimate of drug-likeness (QED) is 0.359. The number of carbonyl (C=O) groups excluding carboxylic acids is 1. The fourth-order valence-electron chi connectivity index (χ4n) is 2.87. The van der Waals surface area contributed by atoms with E-state index in [-0.39, 0.29) is 24.7 Å². The molecule has 0 aromatic carbocycles. The second-order valence-corrected chi connectivity index (χ2v) is 6.39. The number of aromatic nitrogens is 5. The molecular weight excluding hydrogens is 388 g/mol. The standard InChI is InChI=1S/C19H20N8O3/c1-20-16-12(8-14-17(25-16)26-19(30-14)21-6-7-28)18(29)24-15-5-3-4-13(23-15)11-9-22-27(2)10-11/h3-5,8-10,28H,6-7H2,1-2H3,(H,23,24,29)(H2,20,21,25,26). The lowest BCUT2D eigenvalue weighted by atomic mass is 10.2. The van der Waals surface area contributed by atoms with Gasteiger partial charge in [-0.05, 0) is 12.1 Å². The predicted octanol–water partition coefficient (Wildman–Crippen LogP) is 1.72. The molecule has 0 saturated carbocycles. The van der Waals surface area contributed by atoms with Gasteiger partial charge in [0.2, 0.25) is 5.65 Å². The molecular formula is C19H20N8O3. The van der Waals surface area contributed by atoms with Gasteiger partial charge in [-0.2, -0.15) is 10.1 Å². The number of oxazole rings is 1. The molecule has 4 aromatic rings. The summed E-state index contributed by atoms with van der Waals surface area (Å²) < 4.78 is 7.25. The number of nitrogens with one attached hydrogen (secondary N) is 3. The second-order valence-electron chi connectivity index (χ2n) is 6.39. The molecule has 0 unspecified atom stereocenters. The van der Waals surface area contributed by atoms with Gasteiger partial charge >= 0.3 is 0 Å². The Morgan fingerprint density at radius 1 is 1.27 bits per heavy atom. The summed E-state index contributed by atoms with van der Waals surface area (Å²) in [7, 11) is 3.49. The number of hydrogen-bond acceptors (Lipinski definition) is 9. The predicted molar refractivity (Wildman–Crippen MR) is 111 cm³/mol. The normalized spacial score (nSPS) is 10.9. The minimum atomic E-state index is -0.397. The maximum absolute atomic E-state index is 12.9. The van der Waals surface area contributed by atoms with Crippen molar-refractivity contribution in [2.75, 3.05) is 36.1 Å². The first-order chi connectivity index (χ1) is 14.6. The molecule has 154 valence electrons. The topological polar surface area (TPSA) is 143 Å². The fraction of sp³-hybridized carbons (Fsp3) is 0.211. The number of rotatable bonds is 7. The van der Waals surface area contributed by atoms with Crippen molar-refractivity contribution < 1.29 is 14.3 Å². The van der Waals surface area contributed by atoms with Gasteiger partial charge in [0, 0.05) is 38.5 Å². The van der Waals surface area contributed by atoms with Gasteiger partial charge in [0.1, 0.15) is 11.6 Å². The van der Waals surface area contributed by atoms with E-state index in [2.05, 4.69) is 36.0 Å². The van der Waals surface area contributed by atoms with Crippen LogP contribution in [-0.2, 0) is 7.05 Å². The van der Waals surface area contributed by atoms with Crippen LogP contribution in [0.5, 0.6) is 0 Å². The lowest BCUT2D eigenvalue weighted by Crippen LogP contribution is -2.15. The summed E-state index contributed by atoms with van der Waals surface area (Å²) in [5.41, 5.74) is 2.50. The van der Waals surface area contributed by atoms with Crippen LogP contribution in [-0.4, -0.2) is 55.9 Å². The number of hydrogen-bond donors (Lipinski definition) is 4. The van der Waals surface area contributed by atoms with Crippen molar-refractivity contribution in [3.05, 3.63) is 42.2 Å². The van der Waals surface area contributed by atoms with Crippen molar-refractivity contribution in [3.8, 4) is 11.3 Å². The zero-order valence-electron chi connectivity index (χ0n) is 16.4. The van der Waals surface area contributed by atoms with Crippen molar-refractivity contribution in [1.29, 1.82) is 0 Å². The SMILES string of the molecule is CNc1nc2nc(NCCO)oc2cc1C(=O)Nc1cccc(-c2cnn(C)c2)n1. The molecule has 0 spiro atoms. The van der Waals surface area contributed by atoms with Gasteiger partial charge in [-0.15, -0.1) is 0 Å². The number of aliphatic hydroxyl groups is 1. The number of nitrogens with zero attached hydrogens (tertiary/aromatic N) is 5. The molecule has 4 heterocycles. The molecule has 0 radical (unpaired) electrons. The Kier molecular flexibility index (Phi) is 5.26. The van der Waals surface area contributed by atoms with Crippen LogP contribution in [0.4, 0.5) is 17.7 Å². The van der Waals surface area contributed by atoms with E-state index in [9.17, 15) is 4.79 Å². The summed E-state index contributed by atoms with van der Waals surface area (Å²) in [6, 6.07) is 7.13. The lowest BCUT2D eigenvalue weighted by Gasteiger charge is -2.09. The highest BCUT2D eigenvalue weighted by Gasteiger charge is 2.18. The number of aliphatic hydroxyl groups excluding tert-OH is 1. The number of fused-ring (bicyclic) bond motifs is 1. The minimum absolute atomic E-state index is 0.0628. The summed E-state index contributed by atoms with van der Waals surface area (Å²) in [6.45, 7) is 0.227. The smallest absolute Gasteiger partial charge is 0.297 e. The van der Waals surface area contributed by atoms with Crippen molar-refractivity contribution in [3.63, 3.8) is 0 Å². The highest BCUT2D eigenvalue weighted by Crippen LogP contribution is 2.24. The largest absolute Gasteiger partial charge is 0.422 e. The van der Waals surface area contributed by atoms with Gasteiger partial charge in [-0.25, -0.2) is 9.97 Å². The van der Waals surface area contributed by atoms with Gasteiger partial charge < -0.3 is 25.5 Å². The lowest BCUT2D eigenvalue weighted by molar-refractivity contribution is 0.102. The van der Waals surface area contributed by atoms with Gasteiger partial charge in [-0.1, -0.05) is 6.07 Å². The van der Waals surface area contributed by atoms with Crippen LogP contribution in [0.1, 0.15) is 10.4 Å². The van der Waals surface area contributed by atoms with E-state index in [1.807, 2.05) is 19.3 Å². The Balaban J connectivity index is 1.61. The summed E-state index contributed by atoms with van der Waals surface area (Å²) in [6.07, 6.45) is 3.55. The molecule has 0 atom stereocenters. The Morgan fingerprint density at radius 3 is 2.87 bits per heavy atom. The molecule has 0 bridgehead atoms. The highest BCUT2D eigenvalue weighted by atomic mass is 16.4. The number of pyridine rings is 2. The highest BCUT2D eigenvalue weighted by molar-refractivity contribution is 6.08. The third-order valence-corrected chi connectivity index (χ3v) is 4.24. The first kappa shape index (κ1) is 19.3. The average Bonchev–Trinajstić information content (AvgIpc) is 3.36. The van der Waals surface area contributed by atoms with Gasteiger partial charge in [0.15, 0.2) is 5.58 Å². The van der Waals surface area contributed by atoms with Crippen LogP contribution in [0.2, 0.25) is 0 Å². The first-order valence-electron chi connectivity index (χ1n) is 9.19. The number of carbonyl (C=O) groups is 1. The van der Waals surface area contributed by atoms with E-state index in [1.54, 1.807) is 36.1 Å². The number of amides is 1. The first-order valence-corrected chi connectivity index (χ1v) is 9.19. The van der Waals surface area contributed by atoms with Crippen LogP contribution in [0, 0.1) is 0 Å². The maximum Gasteiger partial charge on any atom is 0.297 e. The van der Waals surface area contributed by atoms with E-state index in [4.69, 9.17) is 9.52 Å². The molecule has 0 aliphatic rings. The molecule has 4 N–H and O–H groups in total. The van der Waals surface area contributed by atoms with Crippen LogP contribution in [0.15, 0.2) is 41.1 Å². The number of aryl methyl sites for hydroxylation is 1. The van der Waals surface area contributed by atoms with Crippen LogP contribution >= 0.6 is 0 Å². The molecule has 0 fully saturated rings. The zero-order chi connectivity index (χ0) is 21.1. The molecule has 11 heteroatoms. The Hall–Kier alpha value is -3.99. The Morgan fingerprint density at radius 2 is 2.13 bits per heavy atom. The van der Waals surface area contributed by atoms with E-state index < -0.39 is 5.91 Å². The average molecular weight is 408 g/mol. The van der Waals surface area contributed by atoms with Gasteiger partial charge in [0.05, 0.1) is 24.1 Å². The van der Waals surface area contributed by atoms with Crippen LogP contribution < -0.4 is 16.0 Å². The van der Waals surface area contributed by atoms with E-state index in [0.29, 0.717) is 28.6 Å². The van der Waals surface area contributed by atoms with E-state index >= 15 is 0 Å². The van der Waals surface area contributed by atoms with E-state index in [0.717, 1.165) is 5.56 Å². The summed E-state index contributed by atoms with van der Waals surface area (Å²) in [5, 5.41) is 21.6. The molecule has 4 aromatic heterocycles. The molecule has 0 saturated heterocycles. The van der Waals surface area contributed by atoms with E-state index in [1.165, 1.54) is 0 Å². The summed E-state index contributed by atoms with van der Waals surface area (Å²) >= 11 is 0.